The maximum Gasteiger partial charge on any atom is 0.0621 e. The monoisotopic (exact) mass is 424 g/mol. The van der Waals surface area contributed by atoms with Gasteiger partial charge in [-0.05, 0) is 104 Å². The minimum atomic E-state index is 0.262. The smallest absolute Gasteiger partial charge is 0.0621 e. The molecule has 2 heteroatoms. The molecule has 31 heavy (non-hydrogen) atoms. The predicted octanol–water partition coefficient (Wildman–Crippen LogP) is 8.53. The Balaban J connectivity index is 1.75. The van der Waals surface area contributed by atoms with Crippen LogP contribution in [0, 0.1) is 74.9 Å². The summed E-state index contributed by atoms with van der Waals surface area (Å²) in [7, 11) is 0. The van der Waals surface area contributed by atoms with Gasteiger partial charge in [0.15, 0.2) is 0 Å². The molecule has 0 aliphatic heterocycles. The van der Waals surface area contributed by atoms with Gasteiger partial charge in [-0.15, -0.1) is 0 Å². The van der Waals surface area contributed by atoms with Crippen molar-refractivity contribution in [2.24, 2.45) is 52.3 Å². The average Bonchev–Trinajstić information content (AvgIpc) is 3.09. The van der Waals surface area contributed by atoms with Gasteiger partial charge >= 0.3 is 0 Å². The van der Waals surface area contributed by atoms with E-state index in [1.165, 1.54) is 57.8 Å². The Morgan fingerprint density at radius 3 is 2.29 bits per heavy atom. The summed E-state index contributed by atoms with van der Waals surface area (Å²) in [5.74, 6) is 5.76. The fourth-order valence-corrected chi connectivity index (χ4v) is 8.99. The standard InChI is InChI=1S/C29H48N2/c1-21(2)9-6-10-22(3)25-14-15-26-24-13-12-23(11-7-19-30)28(4,17-8-20-31)27(24)16-18-29(25,26)5/h21-27H,6-18H2,1-5H3/t22-,23-,24+,25+,26-,27-,28+,29+/m1/s1. The van der Waals surface area contributed by atoms with E-state index in [0.29, 0.717) is 24.2 Å². The molecule has 3 aliphatic rings. The van der Waals surface area contributed by atoms with E-state index >= 15 is 0 Å². The summed E-state index contributed by atoms with van der Waals surface area (Å²) in [4.78, 5) is 0. The largest absolute Gasteiger partial charge is 0.198 e. The van der Waals surface area contributed by atoms with Crippen molar-refractivity contribution in [1.29, 1.82) is 10.5 Å². The van der Waals surface area contributed by atoms with Gasteiger partial charge in [-0.25, -0.2) is 0 Å². The summed E-state index contributed by atoms with van der Waals surface area (Å²) < 4.78 is 0. The van der Waals surface area contributed by atoms with Gasteiger partial charge < -0.3 is 0 Å². The van der Waals surface area contributed by atoms with Crippen molar-refractivity contribution in [3.63, 3.8) is 0 Å². The van der Waals surface area contributed by atoms with Crippen molar-refractivity contribution in [3.8, 4) is 12.1 Å². The SMILES string of the molecule is CC(C)CCC[C@@H](C)[C@@H]1CC[C@@H]2[C@@H]3CC[C@@H](CCC#N)[C@](C)(CCC#N)[C@@H]3CC[C@]21C. The van der Waals surface area contributed by atoms with Crippen LogP contribution in [0.5, 0.6) is 0 Å². The highest BCUT2D eigenvalue weighted by Gasteiger charge is 2.59. The molecular weight excluding hydrogens is 376 g/mol. The molecule has 0 aromatic carbocycles. The molecule has 8 atom stereocenters. The zero-order chi connectivity index (χ0) is 22.6. The third-order valence-corrected chi connectivity index (χ3v) is 10.6. The second-order valence-electron chi connectivity index (χ2n) is 12.5. The third kappa shape index (κ3) is 4.85. The molecule has 3 aliphatic carbocycles. The van der Waals surface area contributed by atoms with Gasteiger partial charge in [-0.2, -0.15) is 10.5 Å². The Bertz CT molecular complexity index is 669. The van der Waals surface area contributed by atoms with Crippen LogP contribution in [0.2, 0.25) is 0 Å². The number of rotatable bonds is 9. The lowest BCUT2D eigenvalue weighted by Gasteiger charge is -2.59. The van der Waals surface area contributed by atoms with Crippen molar-refractivity contribution >= 4 is 0 Å². The molecule has 3 fully saturated rings. The van der Waals surface area contributed by atoms with Gasteiger partial charge in [0, 0.05) is 12.8 Å². The molecule has 0 bridgehead atoms. The Hall–Kier alpha value is -1.02. The highest BCUT2D eigenvalue weighted by Crippen LogP contribution is 2.67. The van der Waals surface area contributed by atoms with Gasteiger partial charge in [0.2, 0.25) is 0 Å². The predicted molar refractivity (Wildman–Crippen MR) is 129 cm³/mol. The molecular formula is C29H48N2. The third-order valence-electron chi connectivity index (χ3n) is 10.6. The summed E-state index contributed by atoms with van der Waals surface area (Å²) in [5, 5.41) is 18.6. The summed E-state index contributed by atoms with van der Waals surface area (Å²) in [6, 6.07) is 4.85. The zero-order valence-electron chi connectivity index (χ0n) is 21.1. The second-order valence-corrected chi connectivity index (χ2v) is 12.5. The first-order chi connectivity index (χ1) is 14.8. The van der Waals surface area contributed by atoms with Crippen LogP contribution in [0.25, 0.3) is 0 Å². The normalized spacial score (nSPS) is 40.6. The van der Waals surface area contributed by atoms with E-state index in [4.69, 9.17) is 0 Å². The fraction of sp³-hybridized carbons (Fsp3) is 0.931. The van der Waals surface area contributed by atoms with E-state index < -0.39 is 0 Å². The summed E-state index contributed by atoms with van der Waals surface area (Å²) in [6.45, 7) is 12.4. The van der Waals surface area contributed by atoms with E-state index in [9.17, 15) is 10.5 Å². The second kappa shape index (κ2) is 10.3. The van der Waals surface area contributed by atoms with Crippen LogP contribution in [0.15, 0.2) is 0 Å². The van der Waals surface area contributed by atoms with Gasteiger partial charge in [0.25, 0.3) is 0 Å². The Kier molecular flexibility index (Phi) is 8.16. The average molecular weight is 425 g/mol. The van der Waals surface area contributed by atoms with E-state index in [1.54, 1.807) is 0 Å². The minimum Gasteiger partial charge on any atom is -0.198 e. The first-order valence-electron chi connectivity index (χ1n) is 13.5. The summed E-state index contributed by atoms with van der Waals surface area (Å²) in [5.41, 5.74) is 0.797. The molecule has 0 heterocycles. The summed E-state index contributed by atoms with van der Waals surface area (Å²) >= 11 is 0. The Morgan fingerprint density at radius 2 is 1.61 bits per heavy atom. The van der Waals surface area contributed by atoms with Crippen LogP contribution in [0.3, 0.4) is 0 Å². The molecule has 0 unspecified atom stereocenters. The van der Waals surface area contributed by atoms with Crippen LogP contribution in [-0.2, 0) is 0 Å². The van der Waals surface area contributed by atoms with Crippen LogP contribution in [-0.4, -0.2) is 0 Å². The molecule has 0 amide bonds. The molecule has 0 N–H and O–H groups in total. The van der Waals surface area contributed by atoms with Crippen molar-refractivity contribution in [3.05, 3.63) is 0 Å². The molecule has 0 aromatic rings. The van der Waals surface area contributed by atoms with Crippen LogP contribution < -0.4 is 0 Å². The van der Waals surface area contributed by atoms with Crippen molar-refractivity contribution in [2.45, 2.75) is 118 Å². The van der Waals surface area contributed by atoms with E-state index in [2.05, 4.69) is 46.8 Å². The fourth-order valence-electron chi connectivity index (χ4n) is 8.99. The number of hydrogen-bond donors (Lipinski definition) is 0. The highest BCUT2D eigenvalue weighted by molar-refractivity contribution is 5.09. The van der Waals surface area contributed by atoms with Gasteiger partial charge in [-0.1, -0.05) is 53.9 Å². The molecule has 2 nitrogen and oxygen atoms in total. The van der Waals surface area contributed by atoms with Crippen LogP contribution >= 0.6 is 0 Å². The lowest BCUT2D eigenvalue weighted by atomic mass is 9.45. The topological polar surface area (TPSA) is 47.6 Å². The van der Waals surface area contributed by atoms with Crippen molar-refractivity contribution < 1.29 is 0 Å². The van der Waals surface area contributed by atoms with Crippen LogP contribution in [0.4, 0.5) is 0 Å². The van der Waals surface area contributed by atoms with Crippen molar-refractivity contribution in [2.75, 3.05) is 0 Å². The first kappa shape index (κ1) is 24.6. The number of hydrogen-bond acceptors (Lipinski definition) is 2. The van der Waals surface area contributed by atoms with Crippen LogP contribution in [0.1, 0.15) is 118 Å². The number of nitriles is 2. The molecule has 0 aromatic heterocycles. The number of nitrogens with zero attached hydrogens (tertiary/aromatic N) is 2. The highest BCUT2D eigenvalue weighted by atomic mass is 14.6. The van der Waals surface area contributed by atoms with Gasteiger partial charge in [0.05, 0.1) is 12.1 Å². The molecule has 0 radical (unpaired) electrons. The van der Waals surface area contributed by atoms with Crippen molar-refractivity contribution in [1.82, 2.24) is 0 Å². The first-order valence-corrected chi connectivity index (χ1v) is 13.5. The van der Waals surface area contributed by atoms with E-state index in [0.717, 1.165) is 48.3 Å². The van der Waals surface area contributed by atoms with Gasteiger partial charge in [0.1, 0.15) is 0 Å². The zero-order valence-corrected chi connectivity index (χ0v) is 21.1. The Labute approximate surface area is 193 Å². The molecule has 174 valence electrons. The molecule has 0 spiro atoms. The maximum absolute atomic E-state index is 9.36. The lowest BCUT2D eigenvalue weighted by molar-refractivity contribution is -0.104. The lowest BCUT2D eigenvalue weighted by Crippen LogP contribution is -2.52. The van der Waals surface area contributed by atoms with E-state index in [-0.39, 0.29) is 5.41 Å². The summed E-state index contributed by atoms with van der Waals surface area (Å²) in [6.07, 6.45) is 15.9. The molecule has 0 saturated heterocycles. The minimum absolute atomic E-state index is 0.262. The quantitative estimate of drug-likeness (QED) is 0.372. The molecule has 3 rings (SSSR count). The maximum atomic E-state index is 9.36. The molecule has 3 saturated carbocycles. The Morgan fingerprint density at radius 1 is 0.871 bits per heavy atom. The van der Waals surface area contributed by atoms with E-state index in [1.807, 2.05) is 0 Å². The number of fused-ring (bicyclic) bond motifs is 3. The van der Waals surface area contributed by atoms with Gasteiger partial charge in [-0.3, -0.25) is 0 Å².